The number of carbonyl (C=O) groups excluding carboxylic acids is 1. The number of H-pyrrole nitrogens is 1. The van der Waals surface area contributed by atoms with E-state index in [-0.39, 0.29) is 23.5 Å². The number of nitrogens with zero attached hydrogens (tertiary/aromatic N) is 6. The van der Waals surface area contributed by atoms with Gasteiger partial charge < -0.3 is 14.3 Å². The summed E-state index contributed by atoms with van der Waals surface area (Å²) < 4.78 is 10.9. The Balaban J connectivity index is 1.84. The molecule has 0 saturated heterocycles. The van der Waals surface area contributed by atoms with Crippen molar-refractivity contribution in [2.24, 2.45) is 20.0 Å². The van der Waals surface area contributed by atoms with Gasteiger partial charge in [-0.25, -0.2) is 9.59 Å². The van der Waals surface area contributed by atoms with Gasteiger partial charge in [0.15, 0.2) is 5.65 Å². The molecule has 194 valence electrons. The molecule has 4 aromatic heterocycles. The average Bonchev–Trinajstić information content (AvgIpc) is 3.59. The number of esters is 1. The SMILES string of the molecule is COC(=O)c1cc(-c2c3c(=O)n(C)c(=O)n(CC(C)C)c3nn2Cc2c[nH]c3ccc(C#N)cc23)n(C)c1. The fourth-order valence-corrected chi connectivity index (χ4v) is 4.84. The molecule has 1 aromatic carbocycles. The quantitative estimate of drug-likeness (QED) is 0.347. The molecule has 11 heteroatoms. The third-order valence-electron chi connectivity index (χ3n) is 6.66. The van der Waals surface area contributed by atoms with Crippen LogP contribution in [-0.4, -0.2) is 41.5 Å². The first kappa shape index (κ1) is 24.8. The third kappa shape index (κ3) is 3.91. The highest BCUT2D eigenvalue weighted by atomic mass is 16.5. The van der Waals surface area contributed by atoms with E-state index in [9.17, 15) is 19.6 Å². The largest absolute Gasteiger partial charge is 0.465 e. The second-order valence-electron chi connectivity index (χ2n) is 9.76. The van der Waals surface area contributed by atoms with Gasteiger partial charge in [-0.2, -0.15) is 10.4 Å². The molecule has 5 aromatic rings. The molecular weight excluding hydrogens is 486 g/mol. The third-order valence-corrected chi connectivity index (χ3v) is 6.66. The highest BCUT2D eigenvalue weighted by molar-refractivity contribution is 5.95. The zero-order valence-electron chi connectivity index (χ0n) is 21.8. The molecule has 4 heterocycles. The molecule has 1 N–H and O–H groups in total. The average molecular weight is 514 g/mol. The molecule has 0 aliphatic heterocycles. The number of rotatable bonds is 6. The van der Waals surface area contributed by atoms with E-state index in [1.54, 1.807) is 40.7 Å². The van der Waals surface area contributed by atoms with E-state index in [4.69, 9.17) is 9.84 Å². The van der Waals surface area contributed by atoms with Crippen LogP contribution in [0, 0.1) is 17.2 Å². The Bertz CT molecular complexity index is 1890. The van der Waals surface area contributed by atoms with Crippen LogP contribution < -0.4 is 11.2 Å². The number of aryl methyl sites for hydroxylation is 1. The van der Waals surface area contributed by atoms with Gasteiger partial charge in [-0.15, -0.1) is 0 Å². The van der Waals surface area contributed by atoms with Crippen molar-refractivity contribution in [3.63, 3.8) is 0 Å². The van der Waals surface area contributed by atoms with Crippen LogP contribution in [0.3, 0.4) is 0 Å². The minimum absolute atomic E-state index is 0.126. The van der Waals surface area contributed by atoms with Gasteiger partial charge >= 0.3 is 11.7 Å². The van der Waals surface area contributed by atoms with E-state index in [2.05, 4.69) is 11.1 Å². The summed E-state index contributed by atoms with van der Waals surface area (Å²) in [5.74, 6) is -0.381. The van der Waals surface area contributed by atoms with E-state index in [1.165, 1.54) is 18.7 Å². The number of aromatic nitrogens is 6. The van der Waals surface area contributed by atoms with Gasteiger partial charge in [-0.05, 0) is 35.7 Å². The number of aromatic amines is 1. The lowest BCUT2D eigenvalue weighted by molar-refractivity contribution is 0.0600. The Morgan fingerprint density at radius 2 is 1.97 bits per heavy atom. The highest BCUT2D eigenvalue weighted by Crippen LogP contribution is 2.30. The number of nitriles is 1. The number of benzene rings is 1. The Kier molecular flexibility index (Phi) is 6.03. The molecule has 0 bridgehead atoms. The van der Waals surface area contributed by atoms with Crippen LogP contribution >= 0.6 is 0 Å². The minimum atomic E-state index is -0.507. The lowest BCUT2D eigenvalue weighted by atomic mass is 10.1. The molecular formula is C27H27N7O4. The summed E-state index contributed by atoms with van der Waals surface area (Å²) in [5, 5.41) is 15.3. The first-order valence-electron chi connectivity index (χ1n) is 12.1. The summed E-state index contributed by atoms with van der Waals surface area (Å²) >= 11 is 0. The molecule has 0 fully saturated rings. The van der Waals surface area contributed by atoms with Gasteiger partial charge in [0.05, 0.1) is 36.5 Å². The smallest absolute Gasteiger partial charge is 0.339 e. The normalized spacial score (nSPS) is 11.5. The van der Waals surface area contributed by atoms with E-state index < -0.39 is 17.2 Å². The van der Waals surface area contributed by atoms with E-state index in [0.717, 1.165) is 21.0 Å². The summed E-state index contributed by atoms with van der Waals surface area (Å²) in [6.45, 7) is 4.59. The minimum Gasteiger partial charge on any atom is -0.465 e. The topological polar surface area (TPSA) is 133 Å². The molecule has 0 unspecified atom stereocenters. The van der Waals surface area contributed by atoms with Crippen molar-refractivity contribution in [3.05, 3.63) is 74.2 Å². The Hall–Kier alpha value is -4.85. The zero-order valence-corrected chi connectivity index (χ0v) is 21.8. The van der Waals surface area contributed by atoms with Crippen LogP contribution in [0.25, 0.3) is 33.3 Å². The summed E-state index contributed by atoms with van der Waals surface area (Å²) in [4.78, 5) is 42.2. The van der Waals surface area contributed by atoms with E-state index in [0.29, 0.717) is 29.1 Å². The van der Waals surface area contributed by atoms with E-state index in [1.807, 2.05) is 26.1 Å². The Morgan fingerprint density at radius 1 is 1.21 bits per heavy atom. The maximum absolute atomic E-state index is 13.6. The molecule has 11 nitrogen and oxygen atoms in total. The van der Waals surface area contributed by atoms with Crippen molar-refractivity contribution in [1.82, 2.24) is 28.5 Å². The standard InChI is InChI=1S/C27H27N7O4/c1-15(2)12-33-24-22(25(35)32(4)27(33)37)23(21-9-17(13-31(21)3)26(36)38-5)34(30-24)14-18-11-29-20-7-6-16(10-28)8-19(18)20/h6-9,11,13,15,29H,12,14H2,1-5H3. The summed E-state index contributed by atoms with van der Waals surface area (Å²) in [6.07, 6.45) is 3.47. The van der Waals surface area contributed by atoms with Gasteiger partial charge in [-0.1, -0.05) is 13.8 Å². The Labute approximate surface area is 217 Å². The van der Waals surface area contributed by atoms with Crippen LogP contribution in [0.5, 0.6) is 0 Å². The first-order valence-corrected chi connectivity index (χ1v) is 12.1. The molecule has 0 spiro atoms. The van der Waals surface area contributed by atoms with E-state index >= 15 is 0 Å². The van der Waals surface area contributed by atoms with Crippen LogP contribution in [0.2, 0.25) is 0 Å². The zero-order chi connectivity index (χ0) is 27.3. The predicted octanol–water partition coefficient (Wildman–Crippen LogP) is 2.75. The highest BCUT2D eigenvalue weighted by Gasteiger charge is 2.26. The molecule has 0 aliphatic rings. The number of hydrogen-bond acceptors (Lipinski definition) is 6. The first-order chi connectivity index (χ1) is 18.1. The van der Waals surface area contributed by atoms with Crippen molar-refractivity contribution < 1.29 is 9.53 Å². The molecule has 38 heavy (non-hydrogen) atoms. The second kappa shape index (κ2) is 9.23. The molecule has 0 atom stereocenters. The summed E-state index contributed by atoms with van der Waals surface area (Å²) in [6, 6.07) is 9.20. The maximum atomic E-state index is 13.6. The van der Waals surface area contributed by atoms with Gasteiger partial charge in [-0.3, -0.25) is 18.6 Å². The number of fused-ring (bicyclic) bond motifs is 2. The van der Waals surface area contributed by atoms with Crippen molar-refractivity contribution in [2.45, 2.75) is 26.9 Å². The van der Waals surface area contributed by atoms with Crippen molar-refractivity contribution in [1.29, 1.82) is 5.26 Å². The number of ether oxygens (including phenoxy) is 1. The van der Waals surface area contributed by atoms with Gasteiger partial charge in [0.1, 0.15) is 11.1 Å². The predicted molar refractivity (Wildman–Crippen MR) is 142 cm³/mol. The van der Waals surface area contributed by atoms with Gasteiger partial charge in [0.25, 0.3) is 5.56 Å². The van der Waals surface area contributed by atoms with Gasteiger partial charge in [0, 0.05) is 43.9 Å². The summed E-state index contributed by atoms with van der Waals surface area (Å²) in [7, 11) is 4.53. The van der Waals surface area contributed by atoms with Crippen molar-refractivity contribution in [2.75, 3.05) is 7.11 Å². The maximum Gasteiger partial charge on any atom is 0.339 e. The number of hydrogen-bond donors (Lipinski definition) is 1. The molecule has 0 amide bonds. The fourth-order valence-electron chi connectivity index (χ4n) is 4.84. The lowest BCUT2D eigenvalue weighted by Crippen LogP contribution is -2.38. The van der Waals surface area contributed by atoms with Crippen LogP contribution in [0.4, 0.5) is 0 Å². The van der Waals surface area contributed by atoms with Crippen molar-refractivity contribution in [3.8, 4) is 17.5 Å². The lowest BCUT2D eigenvalue weighted by Gasteiger charge is -2.11. The molecule has 0 aliphatic carbocycles. The molecule has 0 radical (unpaired) electrons. The fraction of sp³-hybridized carbons (Fsp3) is 0.296. The van der Waals surface area contributed by atoms with Crippen LogP contribution in [0.15, 0.2) is 46.2 Å². The van der Waals surface area contributed by atoms with Crippen molar-refractivity contribution >= 4 is 27.9 Å². The number of nitrogens with one attached hydrogen (secondary N) is 1. The number of carbonyl (C=O) groups is 1. The second-order valence-corrected chi connectivity index (χ2v) is 9.76. The molecule has 5 rings (SSSR count). The number of methoxy groups -OCH3 is 1. The van der Waals surface area contributed by atoms with Crippen LogP contribution in [0.1, 0.15) is 35.3 Å². The monoisotopic (exact) mass is 513 g/mol. The summed E-state index contributed by atoms with van der Waals surface area (Å²) in [5.41, 5.74) is 2.95. The van der Waals surface area contributed by atoms with Gasteiger partial charge in [0.2, 0.25) is 0 Å². The van der Waals surface area contributed by atoms with Crippen LogP contribution in [-0.2, 0) is 31.9 Å². The molecule has 0 saturated carbocycles. The Morgan fingerprint density at radius 3 is 2.66 bits per heavy atom.